The number of sulfone groups is 1. The lowest BCUT2D eigenvalue weighted by molar-refractivity contribution is 0.0687. The van der Waals surface area contributed by atoms with Crippen molar-refractivity contribution in [2.75, 3.05) is 6.26 Å². The summed E-state index contributed by atoms with van der Waals surface area (Å²) in [7, 11) is -3.72. The Balaban J connectivity index is 3.61. The molecule has 14 heavy (non-hydrogen) atoms. The second-order valence-electron chi connectivity index (χ2n) is 2.69. The molecule has 0 aliphatic carbocycles. The smallest absolute Gasteiger partial charge is 0.340 e. The average Bonchev–Trinajstić information content (AvgIpc) is 2.01. The van der Waals surface area contributed by atoms with Crippen LogP contribution in [0.3, 0.4) is 0 Å². The number of carbonyl (C=O) groups is 1. The fraction of sp³-hybridized carbons (Fsp3) is 0.125. The predicted molar refractivity (Wildman–Crippen MR) is 46.5 cm³/mol. The molecule has 1 aromatic carbocycles. The molecule has 0 aliphatic rings. The first-order valence-electron chi connectivity index (χ1n) is 3.56. The third-order valence-electron chi connectivity index (χ3n) is 1.59. The minimum absolute atomic E-state index is 0.509. The van der Waals surface area contributed by atoms with Crippen molar-refractivity contribution in [1.29, 1.82) is 0 Å². The highest BCUT2D eigenvalue weighted by molar-refractivity contribution is 7.90. The molecule has 0 saturated heterocycles. The number of benzene rings is 1. The first kappa shape index (κ1) is 10.6. The number of aromatic carboxylic acids is 1. The van der Waals surface area contributed by atoms with Crippen LogP contribution in [0.1, 0.15) is 10.4 Å². The van der Waals surface area contributed by atoms with Crippen LogP contribution in [-0.2, 0) is 9.84 Å². The van der Waals surface area contributed by atoms with Crippen molar-refractivity contribution in [3.05, 3.63) is 29.6 Å². The monoisotopic (exact) mass is 218 g/mol. The minimum atomic E-state index is -3.72. The molecule has 0 bridgehead atoms. The van der Waals surface area contributed by atoms with E-state index < -0.39 is 32.1 Å². The largest absolute Gasteiger partial charge is 0.478 e. The lowest BCUT2D eigenvalue weighted by Gasteiger charge is -2.03. The van der Waals surface area contributed by atoms with Gasteiger partial charge in [-0.05, 0) is 12.1 Å². The quantitative estimate of drug-likeness (QED) is 0.801. The molecule has 0 saturated carbocycles. The molecule has 0 heterocycles. The van der Waals surface area contributed by atoms with Crippen LogP contribution in [0.5, 0.6) is 0 Å². The Morgan fingerprint density at radius 1 is 1.43 bits per heavy atom. The Hall–Kier alpha value is -1.43. The molecule has 1 aromatic rings. The van der Waals surface area contributed by atoms with Crippen molar-refractivity contribution < 1.29 is 22.7 Å². The average molecular weight is 218 g/mol. The van der Waals surface area contributed by atoms with Crippen LogP contribution in [0.15, 0.2) is 23.1 Å². The van der Waals surface area contributed by atoms with Crippen molar-refractivity contribution in [1.82, 2.24) is 0 Å². The van der Waals surface area contributed by atoms with Crippen LogP contribution in [0, 0.1) is 5.82 Å². The third-order valence-corrected chi connectivity index (χ3v) is 2.73. The zero-order valence-corrected chi connectivity index (χ0v) is 8.01. The lowest BCUT2D eigenvalue weighted by atomic mass is 10.2. The standard InChI is InChI=1S/C8H7FO4S/c1-14(12,13)6-4-2-3-5(9)7(6)8(10)11/h2-4H,1H3,(H,10,11). The van der Waals surface area contributed by atoms with E-state index in [1.165, 1.54) is 0 Å². The summed E-state index contributed by atoms with van der Waals surface area (Å²) < 4.78 is 35.1. The maximum absolute atomic E-state index is 13.0. The fourth-order valence-electron chi connectivity index (χ4n) is 1.02. The summed E-state index contributed by atoms with van der Waals surface area (Å²) in [6.45, 7) is 0. The van der Waals surface area contributed by atoms with E-state index in [4.69, 9.17) is 5.11 Å². The summed E-state index contributed by atoms with van der Waals surface area (Å²) >= 11 is 0. The number of carboxylic acid groups (broad SMARTS) is 1. The SMILES string of the molecule is CS(=O)(=O)c1cccc(F)c1C(=O)O. The van der Waals surface area contributed by atoms with Crippen LogP contribution in [0.2, 0.25) is 0 Å². The lowest BCUT2D eigenvalue weighted by Crippen LogP contribution is -2.09. The van der Waals surface area contributed by atoms with Gasteiger partial charge in [0.1, 0.15) is 11.4 Å². The Morgan fingerprint density at radius 2 is 2.00 bits per heavy atom. The molecule has 0 unspecified atom stereocenters. The van der Waals surface area contributed by atoms with Gasteiger partial charge in [0.25, 0.3) is 0 Å². The maximum Gasteiger partial charge on any atom is 0.340 e. The number of carboxylic acids is 1. The van der Waals surface area contributed by atoms with Crippen LogP contribution in [0.25, 0.3) is 0 Å². The van der Waals surface area contributed by atoms with E-state index in [0.717, 1.165) is 24.5 Å². The first-order valence-corrected chi connectivity index (χ1v) is 5.45. The Labute approximate surface area is 79.9 Å². The van der Waals surface area contributed by atoms with Gasteiger partial charge in [-0.1, -0.05) is 6.07 Å². The van der Waals surface area contributed by atoms with Gasteiger partial charge in [-0.25, -0.2) is 17.6 Å². The van der Waals surface area contributed by atoms with Crippen LogP contribution < -0.4 is 0 Å². The number of rotatable bonds is 2. The molecule has 0 aromatic heterocycles. The normalized spacial score (nSPS) is 11.3. The highest BCUT2D eigenvalue weighted by atomic mass is 32.2. The highest BCUT2D eigenvalue weighted by Gasteiger charge is 2.21. The van der Waals surface area contributed by atoms with E-state index in [9.17, 15) is 17.6 Å². The van der Waals surface area contributed by atoms with Crippen molar-refractivity contribution >= 4 is 15.8 Å². The summed E-state index contributed by atoms with van der Waals surface area (Å²) in [5.74, 6) is -2.65. The van der Waals surface area contributed by atoms with Gasteiger partial charge in [-0.15, -0.1) is 0 Å². The van der Waals surface area contributed by atoms with Gasteiger partial charge in [0.15, 0.2) is 9.84 Å². The summed E-state index contributed by atoms with van der Waals surface area (Å²) in [6, 6.07) is 3.11. The first-order chi connectivity index (χ1) is 6.34. The molecule has 4 nitrogen and oxygen atoms in total. The number of halogens is 1. The molecule has 0 atom stereocenters. The van der Waals surface area contributed by atoms with E-state index in [-0.39, 0.29) is 0 Å². The second-order valence-corrected chi connectivity index (χ2v) is 4.67. The molecule has 0 amide bonds. The molecule has 0 spiro atoms. The predicted octanol–water partition coefficient (Wildman–Crippen LogP) is 0.927. The number of hydrogen-bond acceptors (Lipinski definition) is 3. The van der Waals surface area contributed by atoms with Crippen molar-refractivity contribution in [3.8, 4) is 0 Å². The van der Waals surface area contributed by atoms with Gasteiger partial charge < -0.3 is 5.11 Å². The molecule has 6 heteroatoms. The maximum atomic E-state index is 13.0. The van der Waals surface area contributed by atoms with Crippen molar-refractivity contribution in [2.24, 2.45) is 0 Å². The topological polar surface area (TPSA) is 71.4 Å². The van der Waals surface area contributed by atoms with Crippen molar-refractivity contribution in [2.45, 2.75) is 4.90 Å². The Kier molecular flexibility index (Phi) is 2.57. The van der Waals surface area contributed by atoms with Gasteiger partial charge in [-0.3, -0.25) is 0 Å². The van der Waals surface area contributed by atoms with Crippen LogP contribution in [-0.4, -0.2) is 25.7 Å². The highest BCUT2D eigenvalue weighted by Crippen LogP contribution is 2.18. The van der Waals surface area contributed by atoms with Gasteiger partial charge >= 0.3 is 5.97 Å². The summed E-state index contributed by atoms with van der Waals surface area (Å²) in [5.41, 5.74) is -0.810. The number of hydrogen-bond donors (Lipinski definition) is 1. The zero-order valence-electron chi connectivity index (χ0n) is 7.19. The van der Waals surface area contributed by atoms with E-state index >= 15 is 0 Å². The molecular weight excluding hydrogens is 211 g/mol. The van der Waals surface area contributed by atoms with Crippen LogP contribution >= 0.6 is 0 Å². The molecule has 0 aliphatic heterocycles. The van der Waals surface area contributed by atoms with Gasteiger partial charge in [0.2, 0.25) is 0 Å². The fourth-order valence-corrected chi connectivity index (χ4v) is 1.90. The molecule has 76 valence electrons. The summed E-state index contributed by atoms with van der Waals surface area (Å²) in [5, 5.41) is 8.61. The summed E-state index contributed by atoms with van der Waals surface area (Å²) in [6.07, 6.45) is 0.828. The van der Waals surface area contributed by atoms with Crippen molar-refractivity contribution in [3.63, 3.8) is 0 Å². The van der Waals surface area contributed by atoms with Gasteiger partial charge in [0.05, 0.1) is 4.90 Å². The Bertz CT molecular complexity index is 478. The molecule has 0 radical (unpaired) electrons. The van der Waals surface area contributed by atoms with E-state index in [2.05, 4.69) is 0 Å². The minimum Gasteiger partial charge on any atom is -0.478 e. The molecule has 1 N–H and O–H groups in total. The molecule has 0 fully saturated rings. The van der Waals surface area contributed by atoms with Crippen LogP contribution in [0.4, 0.5) is 4.39 Å². The van der Waals surface area contributed by atoms with E-state index in [1.807, 2.05) is 0 Å². The Morgan fingerprint density at radius 3 is 2.36 bits per heavy atom. The second kappa shape index (κ2) is 3.38. The summed E-state index contributed by atoms with van der Waals surface area (Å²) in [4.78, 5) is 10.1. The van der Waals surface area contributed by atoms with E-state index in [1.54, 1.807) is 0 Å². The molecular formula is C8H7FO4S. The molecule has 1 rings (SSSR count). The van der Waals surface area contributed by atoms with E-state index in [0.29, 0.717) is 0 Å². The third kappa shape index (κ3) is 1.90. The van der Waals surface area contributed by atoms with Gasteiger partial charge in [0, 0.05) is 6.26 Å². The van der Waals surface area contributed by atoms with Gasteiger partial charge in [-0.2, -0.15) is 0 Å². The zero-order chi connectivity index (χ0) is 10.9.